The van der Waals surface area contributed by atoms with Gasteiger partial charge in [0.1, 0.15) is 11.6 Å². The van der Waals surface area contributed by atoms with Crippen molar-refractivity contribution < 1.29 is 4.79 Å². The summed E-state index contributed by atoms with van der Waals surface area (Å²) in [6.45, 7) is 4.79. The van der Waals surface area contributed by atoms with Gasteiger partial charge < -0.3 is 5.32 Å². The molecule has 1 aromatic carbocycles. The zero-order valence-electron chi connectivity index (χ0n) is 16.1. The van der Waals surface area contributed by atoms with Crippen LogP contribution in [0.4, 0.5) is 5.82 Å². The Hall–Kier alpha value is -2.27. The Labute approximate surface area is 161 Å². The molecule has 1 unspecified atom stereocenters. The fraction of sp³-hybridized carbons (Fsp3) is 0.500. The van der Waals surface area contributed by atoms with Crippen LogP contribution in [0.15, 0.2) is 30.3 Å². The second-order valence-corrected chi connectivity index (χ2v) is 7.65. The van der Waals surface area contributed by atoms with E-state index in [4.69, 9.17) is 9.97 Å². The maximum atomic E-state index is 12.7. The smallest absolute Gasteiger partial charge is 0.228 e. The first-order valence-electron chi connectivity index (χ1n) is 10.1. The zero-order chi connectivity index (χ0) is 18.6. The van der Waals surface area contributed by atoms with Gasteiger partial charge in [0.15, 0.2) is 0 Å². The Morgan fingerprint density at radius 1 is 1.19 bits per heavy atom. The number of nitrogens with one attached hydrogen (secondary N) is 1. The first kappa shape index (κ1) is 18.1. The molecule has 3 heterocycles. The van der Waals surface area contributed by atoms with Gasteiger partial charge in [0.05, 0.1) is 0 Å². The third-order valence-corrected chi connectivity index (χ3v) is 5.71. The number of carbonyl (C=O) groups is 1. The average Bonchev–Trinajstić information content (AvgIpc) is 2.71. The Morgan fingerprint density at radius 2 is 2.04 bits per heavy atom. The molecular formula is C22H28N4O. The van der Waals surface area contributed by atoms with E-state index < -0.39 is 0 Å². The number of hydrogen-bond acceptors (Lipinski definition) is 4. The second-order valence-electron chi connectivity index (χ2n) is 7.65. The number of nitrogens with zero attached hydrogens (tertiary/aromatic N) is 3. The first-order chi connectivity index (χ1) is 13.2. The summed E-state index contributed by atoms with van der Waals surface area (Å²) >= 11 is 0. The average molecular weight is 364 g/mol. The molecule has 4 rings (SSSR count). The van der Waals surface area contributed by atoms with E-state index in [9.17, 15) is 4.79 Å². The van der Waals surface area contributed by atoms with Crippen LogP contribution in [-0.4, -0.2) is 35.5 Å². The summed E-state index contributed by atoms with van der Waals surface area (Å²) in [5, 5.41) is 3.44. The number of anilines is 1. The highest BCUT2D eigenvalue weighted by atomic mass is 16.2. The predicted octanol–water partition coefficient (Wildman–Crippen LogP) is 3.16. The van der Waals surface area contributed by atoms with Crippen LogP contribution in [0.1, 0.15) is 54.2 Å². The SMILES string of the molecule is Cc1nc(C2CCCNC2)nc2c1CCC(=O)N2CCCc1ccccc1. The summed E-state index contributed by atoms with van der Waals surface area (Å²) < 4.78 is 0. The van der Waals surface area contributed by atoms with E-state index in [1.54, 1.807) is 0 Å². The van der Waals surface area contributed by atoms with Crippen molar-refractivity contribution in [3.8, 4) is 0 Å². The van der Waals surface area contributed by atoms with Gasteiger partial charge in [0, 0.05) is 36.7 Å². The lowest BCUT2D eigenvalue weighted by atomic mass is 9.97. The highest BCUT2D eigenvalue weighted by Gasteiger charge is 2.29. The van der Waals surface area contributed by atoms with E-state index in [1.165, 1.54) is 5.56 Å². The third kappa shape index (κ3) is 4.03. The van der Waals surface area contributed by atoms with Crippen LogP contribution in [0.2, 0.25) is 0 Å². The molecule has 1 atom stereocenters. The maximum Gasteiger partial charge on any atom is 0.228 e. The number of rotatable bonds is 5. The summed E-state index contributed by atoms with van der Waals surface area (Å²) in [5.41, 5.74) is 3.51. The van der Waals surface area contributed by atoms with Crippen molar-refractivity contribution in [2.75, 3.05) is 24.5 Å². The monoisotopic (exact) mass is 364 g/mol. The minimum atomic E-state index is 0.196. The lowest BCUT2D eigenvalue weighted by Gasteiger charge is -2.31. The third-order valence-electron chi connectivity index (χ3n) is 5.71. The molecule has 0 radical (unpaired) electrons. The van der Waals surface area contributed by atoms with Crippen molar-refractivity contribution in [3.05, 3.63) is 53.0 Å². The lowest BCUT2D eigenvalue weighted by molar-refractivity contribution is -0.119. The van der Waals surface area contributed by atoms with Gasteiger partial charge in [-0.1, -0.05) is 30.3 Å². The Kier molecular flexibility index (Phi) is 5.48. The molecule has 0 spiro atoms. The normalized spacial score (nSPS) is 19.8. The molecule has 1 fully saturated rings. The van der Waals surface area contributed by atoms with Gasteiger partial charge in [-0.2, -0.15) is 0 Å². The Bertz CT molecular complexity index is 799. The summed E-state index contributed by atoms with van der Waals surface area (Å²) in [4.78, 5) is 24.3. The van der Waals surface area contributed by atoms with Crippen LogP contribution >= 0.6 is 0 Å². The summed E-state index contributed by atoms with van der Waals surface area (Å²) in [6, 6.07) is 10.5. The van der Waals surface area contributed by atoms with Crippen LogP contribution < -0.4 is 10.2 Å². The maximum absolute atomic E-state index is 12.7. The van der Waals surface area contributed by atoms with Crippen LogP contribution in [0.3, 0.4) is 0 Å². The second kappa shape index (κ2) is 8.17. The minimum absolute atomic E-state index is 0.196. The highest BCUT2D eigenvalue weighted by molar-refractivity contribution is 5.95. The lowest BCUT2D eigenvalue weighted by Crippen LogP contribution is -2.38. The van der Waals surface area contributed by atoms with Crippen molar-refractivity contribution in [2.24, 2.45) is 0 Å². The molecule has 5 nitrogen and oxygen atoms in total. The molecule has 0 saturated carbocycles. The van der Waals surface area contributed by atoms with Gasteiger partial charge in [-0.05, 0) is 51.1 Å². The number of aryl methyl sites for hydroxylation is 2. The Morgan fingerprint density at radius 3 is 2.81 bits per heavy atom. The van der Waals surface area contributed by atoms with Gasteiger partial charge in [-0.3, -0.25) is 9.69 Å². The molecule has 142 valence electrons. The zero-order valence-corrected chi connectivity index (χ0v) is 16.1. The first-order valence-corrected chi connectivity index (χ1v) is 10.1. The van der Waals surface area contributed by atoms with Crippen LogP contribution in [-0.2, 0) is 17.6 Å². The van der Waals surface area contributed by atoms with E-state index in [0.29, 0.717) is 12.3 Å². The van der Waals surface area contributed by atoms with E-state index in [1.807, 2.05) is 11.0 Å². The van der Waals surface area contributed by atoms with Crippen molar-refractivity contribution in [2.45, 2.75) is 51.4 Å². The molecule has 1 N–H and O–H groups in total. The summed E-state index contributed by atoms with van der Waals surface area (Å²) in [5.74, 6) is 2.32. The minimum Gasteiger partial charge on any atom is -0.316 e. The molecule has 0 bridgehead atoms. The van der Waals surface area contributed by atoms with Crippen LogP contribution in [0, 0.1) is 6.92 Å². The van der Waals surface area contributed by atoms with Crippen molar-refractivity contribution in [3.63, 3.8) is 0 Å². The standard InChI is InChI=1S/C22H28N4O/c1-16-19-11-12-20(27)26(14-6-9-17-7-3-2-4-8-17)22(19)25-21(24-16)18-10-5-13-23-15-18/h2-4,7-8,18,23H,5-6,9-15H2,1H3. The number of fused-ring (bicyclic) bond motifs is 1. The number of benzene rings is 1. The van der Waals surface area contributed by atoms with Crippen molar-refractivity contribution in [1.29, 1.82) is 0 Å². The molecule has 2 aromatic rings. The topological polar surface area (TPSA) is 58.1 Å². The van der Waals surface area contributed by atoms with Crippen molar-refractivity contribution >= 4 is 11.7 Å². The van der Waals surface area contributed by atoms with E-state index in [0.717, 1.165) is 74.6 Å². The van der Waals surface area contributed by atoms with E-state index >= 15 is 0 Å². The number of amides is 1. The molecule has 2 aliphatic heterocycles. The molecule has 27 heavy (non-hydrogen) atoms. The number of piperidine rings is 1. The summed E-state index contributed by atoms with van der Waals surface area (Å²) in [7, 11) is 0. The molecular weight excluding hydrogens is 336 g/mol. The van der Waals surface area contributed by atoms with Gasteiger partial charge in [0.2, 0.25) is 5.91 Å². The predicted molar refractivity (Wildman–Crippen MR) is 107 cm³/mol. The van der Waals surface area contributed by atoms with Gasteiger partial charge in [-0.15, -0.1) is 0 Å². The molecule has 1 saturated heterocycles. The quantitative estimate of drug-likeness (QED) is 0.885. The molecule has 2 aliphatic rings. The molecule has 5 heteroatoms. The van der Waals surface area contributed by atoms with Gasteiger partial charge in [0.25, 0.3) is 0 Å². The fourth-order valence-electron chi connectivity index (χ4n) is 4.17. The molecule has 1 amide bonds. The molecule has 0 aliphatic carbocycles. The largest absolute Gasteiger partial charge is 0.316 e. The van der Waals surface area contributed by atoms with E-state index in [-0.39, 0.29) is 5.91 Å². The Balaban J connectivity index is 1.54. The fourth-order valence-corrected chi connectivity index (χ4v) is 4.17. The van der Waals surface area contributed by atoms with Gasteiger partial charge >= 0.3 is 0 Å². The van der Waals surface area contributed by atoms with Crippen molar-refractivity contribution in [1.82, 2.24) is 15.3 Å². The number of hydrogen-bond donors (Lipinski definition) is 1. The summed E-state index contributed by atoms with van der Waals surface area (Å²) in [6.07, 6.45) is 5.52. The van der Waals surface area contributed by atoms with Gasteiger partial charge in [-0.25, -0.2) is 9.97 Å². The van der Waals surface area contributed by atoms with Crippen LogP contribution in [0.25, 0.3) is 0 Å². The van der Waals surface area contributed by atoms with E-state index in [2.05, 4.69) is 36.5 Å². The highest BCUT2D eigenvalue weighted by Crippen LogP contribution is 2.31. The number of carbonyl (C=O) groups excluding carboxylic acids is 1. The van der Waals surface area contributed by atoms with Crippen LogP contribution in [0.5, 0.6) is 0 Å². The number of aromatic nitrogens is 2. The molecule has 1 aromatic heterocycles.